The van der Waals surface area contributed by atoms with Crippen LogP contribution >= 0.6 is 23.4 Å². The zero-order chi connectivity index (χ0) is 20.9. The number of halogens is 1. The number of ether oxygens (including phenoxy) is 1. The number of H-pyrrole nitrogens is 1. The standard InChI is InChI=1S/C23H24ClN3O2S/c1-15-4-6-16(7-5-15)21-23(27-22(26-21)17-8-10-18(24)11-9-17)30-14-20(28)25-13-19-3-2-12-29-19/h4-11,19H,2-3,12-14H2,1H3,(H,25,28)(H,26,27)/t19-/m1/s1. The summed E-state index contributed by atoms with van der Waals surface area (Å²) in [4.78, 5) is 20.5. The molecule has 1 amide bonds. The predicted molar refractivity (Wildman–Crippen MR) is 122 cm³/mol. The first-order valence-electron chi connectivity index (χ1n) is 10.0. The number of aryl methyl sites for hydroxylation is 1. The van der Waals surface area contributed by atoms with E-state index >= 15 is 0 Å². The fourth-order valence-electron chi connectivity index (χ4n) is 3.34. The minimum atomic E-state index is -0.0126. The fraction of sp³-hybridized carbons (Fsp3) is 0.304. The van der Waals surface area contributed by atoms with Crippen molar-refractivity contribution in [2.75, 3.05) is 18.9 Å². The Morgan fingerprint density at radius 3 is 2.63 bits per heavy atom. The molecule has 3 aromatic rings. The molecule has 0 unspecified atom stereocenters. The number of nitrogens with zero attached hydrogens (tertiary/aromatic N) is 1. The molecular formula is C23H24ClN3O2S. The quantitative estimate of drug-likeness (QED) is 0.501. The highest BCUT2D eigenvalue weighted by Gasteiger charge is 2.18. The summed E-state index contributed by atoms with van der Waals surface area (Å²) < 4.78 is 5.57. The lowest BCUT2D eigenvalue weighted by Crippen LogP contribution is -2.32. The van der Waals surface area contributed by atoms with Crippen LogP contribution in [0.5, 0.6) is 0 Å². The summed E-state index contributed by atoms with van der Waals surface area (Å²) >= 11 is 7.45. The summed E-state index contributed by atoms with van der Waals surface area (Å²) in [6.07, 6.45) is 2.22. The van der Waals surface area contributed by atoms with Crippen molar-refractivity contribution in [2.24, 2.45) is 0 Å². The average molecular weight is 442 g/mol. The monoisotopic (exact) mass is 441 g/mol. The summed E-state index contributed by atoms with van der Waals surface area (Å²) in [5, 5.41) is 4.45. The van der Waals surface area contributed by atoms with Crippen LogP contribution in [0.25, 0.3) is 22.6 Å². The van der Waals surface area contributed by atoms with Crippen molar-refractivity contribution in [1.82, 2.24) is 15.3 Å². The first-order chi connectivity index (χ1) is 14.6. The van der Waals surface area contributed by atoms with Crippen LogP contribution in [-0.4, -0.2) is 40.9 Å². The Labute approximate surface area is 185 Å². The van der Waals surface area contributed by atoms with Crippen LogP contribution in [0.15, 0.2) is 53.6 Å². The smallest absolute Gasteiger partial charge is 0.230 e. The van der Waals surface area contributed by atoms with E-state index in [0.29, 0.717) is 17.3 Å². The molecule has 5 nitrogen and oxygen atoms in total. The van der Waals surface area contributed by atoms with Crippen molar-refractivity contribution in [3.8, 4) is 22.6 Å². The topological polar surface area (TPSA) is 67.0 Å². The van der Waals surface area contributed by atoms with Crippen LogP contribution in [0.1, 0.15) is 18.4 Å². The van der Waals surface area contributed by atoms with Crippen molar-refractivity contribution in [3.05, 3.63) is 59.1 Å². The number of aromatic nitrogens is 2. The second-order valence-electron chi connectivity index (χ2n) is 7.37. The number of benzene rings is 2. The number of rotatable bonds is 7. The molecule has 0 bridgehead atoms. The normalized spacial score (nSPS) is 16.0. The average Bonchev–Trinajstić information content (AvgIpc) is 3.42. The van der Waals surface area contributed by atoms with E-state index in [0.717, 1.165) is 47.1 Å². The molecule has 1 aliphatic heterocycles. The van der Waals surface area contributed by atoms with Gasteiger partial charge in [-0.25, -0.2) is 4.98 Å². The van der Waals surface area contributed by atoms with Crippen LogP contribution in [0.3, 0.4) is 0 Å². The Balaban J connectivity index is 1.51. The number of hydrogen-bond acceptors (Lipinski definition) is 4. The van der Waals surface area contributed by atoms with Crippen LogP contribution in [-0.2, 0) is 9.53 Å². The van der Waals surface area contributed by atoms with Crippen LogP contribution < -0.4 is 5.32 Å². The van der Waals surface area contributed by atoms with E-state index in [2.05, 4.69) is 41.5 Å². The summed E-state index contributed by atoms with van der Waals surface area (Å²) in [7, 11) is 0. The summed E-state index contributed by atoms with van der Waals surface area (Å²) in [5.74, 6) is 1.04. The maximum atomic E-state index is 12.3. The van der Waals surface area contributed by atoms with Crippen molar-refractivity contribution < 1.29 is 9.53 Å². The lowest BCUT2D eigenvalue weighted by atomic mass is 10.1. The fourth-order valence-corrected chi connectivity index (χ4v) is 4.30. The Kier molecular flexibility index (Phi) is 6.77. The number of carbonyl (C=O) groups is 1. The number of amides is 1. The van der Waals surface area contributed by atoms with Gasteiger partial charge in [0.15, 0.2) is 0 Å². The van der Waals surface area contributed by atoms with E-state index in [1.54, 1.807) is 0 Å². The van der Waals surface area contributed by atoms with E-state index in [1.165, 1.54) is 17.3 Å². The molecule has 1 fully saturated rings. The van der Waals surface area contributed by atoms with Crippen molar-refractivity contribution in [3.63, 3.8) is 0 Å². The minimum Gasteiger partial charge on any atom is -0.376 e. The first kappa shape index (κ1) is 21.0. The van der Waals surface area contributed by atoms with E-state index in [-0.39, 0.29) is 12.0 Å². The molecule has 0 spiro atoms. The molecule has 1 aromatic heterocycles. The molecule has 2 N–H and O–H groups in total. The third-order valence-electron chi connectivity index (χ3n) is 5.02. The lowest BCUT2D eigenvalue weighted by Gasteiger charge is -2.10. The van der Waals surface area contributed by atoms with Crippen molar-refractivity contribution in [1.29, 1.82) is 0 Å². The molecule has 1 aliphatic rings. The second kappa shape index (κ2) is 9.69. The van der Waals surface area contributed by atoms with Crippen LogP contribution in [0, 0.1) is 6.92 Å². The molecule has 7 heteroatoms. The Morgan fingerprint density at radius 2 is 1.93 bits per heavy atom. The molecule has 156 valence electrons. The van der Waals surface area contributed by atoms with Gasteiger partial charge in [0, 0.05) is 29.3 Å². The Hall–Kier alpha value is -2.28. The van der Waals surface area contributed by atoms with Gasteiger partial charge in [-0.3, -0.25) is 4.79 Å². The van der Waals surface area contributed by atoms with E-state index in [9.17, 15) is 4.79 Å². The van der Waals surface area contributed by atoms with Gasteiger partial charge >= 0.3 is 0 Å². The molecule has 1 atom stereocenters. The number of nitrogens with one attached hydrogen (secondary N) is 2. The third-order valence-corrected chi connectivity index (χ3v) is 6.25. The SMILES string of the molecule is Cc1ccc(-c2[nH]c(-c3ccc(Cl)cc3)nc2SCC(=O)NC[C@H]2CCCO2)cc1. The van der Waals surface area contributed by atoms with Gasteiger partial charge in [-0.1, -0.05) is 53.2 Å². The number of hydrogen-bond donors (Lipinski definition) is 2. The van der Waals surface area contributed by atoms with Gasteiger partial charge in [-0.05, 0) is 44.0 Å². The van der Waals surface area contributed by atoms with E-state index in [4.69, 9.17) is 21.3 Å². The van der Waals surface area contributed by atoms with Crippen LogP contribution in [0.4, 0.5) is 0 Å². The highest BCUT2D eigenvalue weighted by atomic mass is 35.5. The summed E-state index contributed by atoms with van der Waals surface area (Å²) in [5.41, 5.74) is 4.09. The molecule has 0 saturated carbocycles. The van der Waals surface area contributed by atoms with Crippen LogP contribution in [0.2, 0.25) is 5.02 Å². The van der Waals surface area contributed by atoms with Crippen molar-refractivity contribution >= 4 is 29.3 Å². The van der Waals surface area contributed by atoms with Gasteiger partial charge in [0.05, 0.1) is 17.6 Å². The first-order valence-corrected chi connectivity index (χ1v) is 11.4. The van der Waals surface area contributed by atoms with Gasteiger partial charge in [-0.15, -0.1) is 0 Å². The molecule has 2 heterocycles. The van der Waals surface area contributed by atoms with Gasteiger partial charge in [0.25, 0.3) is 0 Å². The summed E-state index contributed by atoms with van der Waals surface area (Å²) in [6, 6.07) is 15.8. The van der Waals surface area contributed by atoms with E-state index < -0.39 is 0 Å². The number of carbonyl (C=O) groups excluding carboxylic acids is 1. The molecule has 0 radical (unpaired) electrons. The van der Waals surface area contributed by atoms with Crippen molar-refractivity contribution in [2.45, 2.75) is 30.9 Å². The largest absolute Gasteiger partial charge is 0.376 e. The highest BCUT2D eigenvalue weighted by Crippen LogP contribution is 2.33. The highest BCUT2D eigenvalue weighted by molar-refractivity contribution is 8.00. The molecule has 2 aromatic carbocycles. The molecule has 1 saturated heterocycles. The summed E-state index contributed by atoms with van der Waals surface area (Å²) in [6.45, 7) is 3.42. The number of thioether (sulfide) groups is 1. The molecule has 0 aliphatic carbocycles. The maximum absolute atomic E-state index is 12.3. The van der Waals surface area contributed by atoms with E-state index in [1.807, 2.05) is 24.3 Å². The maximum Gasteiger partial charge on any atom is 0.230 e. The zero-order valence-corrected chi connectivity index (χ0v) is 18.4. The minimum absolute atomic E-state index is 0.0126. The predicted octanol–water partition coefficient (Wildman–Crippen LogP) is 5.09. The number of aromatic amines is 1. The Morgan fingerprint density at radius 1 is 1.20 bits per heavy atom. The number of imidazole rings is 1. The van der Waals surface area contributed by atoms with Gasteiger partial charge in [0.1, 0.15) is 10.9 Å². The Bertz CT molecular complexity index is 996. The third kappa shape index (κ3) is 5.25. The van der Waals surface area contributed by atoms with Gasteiger partial charge in [-0.2, -0.15) is 0 Å². The second-order valence-corrected chi connectivity index (χ2v) is 8.77. The van der Waals surface area contributed by atoms with Gasteiger partial charge < -0.3 is 15.0 Å². The molecule has 30 heavy (non-hydrogen) atoms. The molecule has 4 rings (SSSR count). The van der Waals surface area contributed by atoms with Gasteiger partial charge in [0.2, 0.25) is 5.91 Å². The molecular weight excluding hydrogens is 418 g/mol. The lowest BCUT2D eigenvalue weighted by molar-refractivity contribution is -0.119. The zero-order valence-electron chi connectivity index (χ0n) is 16.8.